The van der Waals surface area contributed by atoms with Gasteiger partial charge in [0, 0.05) is 16.6 Å². The molecule has 2 aromatic heterocycles. The lowest BCUT2D eigenvalue weighted by Crippen LogP contribution is -2.25. The fourth-order valence-electron chi connectivity index (χ4n) is 2.56. The summed E-state index contributed by atoms with van der Waals surface area (Å²) in [6.45, 7) is 0.402. The van der Waals surface area contributed by atoms with Crippen molar-refractivity contribution in [3.05, 3.63) is 82.6 Å². The molecule has 2 aromatic carbocycles. The van der Waals surface area contributed by atoms with Crippen LogP contribution in [-0.2, 0) is 6.54 Å². The average Bonchev–Trinajstić information content (AvgIpc) is 3.11. The third-order valence-electron chi connectivity index (χ3n) is 3.90. The van der Waals surface area contributed by atoms with Gasteiger partial charge >= 0.3 is 0 Å². The van der Waals surface area contributed by atoms with E-state index in [1.54, 1.807) is 6.07 Å². The number of hydrogen-bond donors (Lipinski definition) is 1. The Hall–Kier alpha value is -3.06. The SMILES string of the molecule is O=C(NCc1ccc(Br)cc1)c1nnc2ccc(-c3ccccc3)nn12. The molecule has 4 rings (SSSR count). The zero-order valence-electron chi connectivity index (χ0n) is 13.6. The standard InChI is InChI=1S/C19H14BrN5O/c20-15-8-6-13(7-9-15)12-21-19(26)18-23-22-17-11-10-16(24-25(17)18)14-4-2-1-3-5-14/h1-11H,12H2,(H,21,26). The maximum atomic E-state index is 12.5. The van der Waals surface area contributed by atoms with Crippen LogP contribution in [0.1, 0.15) is 16.2 Å². The Morgan fingerprint density at radius 3 is 2.50 bits per heavy atom. The van der Waals surface area contributed by atoms with Crippen LogP contribution in [0.15, 0.2) is 71.2 Å². The van der Waals surface area contributed by atoms with E-state index in [2.05, 4.69) is 36.5 Å². The van der Waals surface area contributed by atoms with Gasteiger partial charge in [-0.2, -0.15) is 9.61 Å². The normalized spacial score (nSPS) is 10.8. The number of rotatable bonds is 4. The number of fused-ring (bicyclic) bond motifs is 1. The summed E-state index contributed by atoms with van der Waals surface area (Å²) in [5, 5.41) is 15.4. The fourth-order valence-corrected chi connectivity index (χ4v) is 2.82. The van der Waals surface area contributed by atoms with E-state index in [9.17, 15) is 4.79 Å². The van der Waals surface area contributed by atoms with Gasteiger partial charge in [-0.05, 0) is 29.8 Å². The molecule has 1 N–H and O–H groups in total. The Labute approximate surface area is 158 Å². The molecule has 7 heteroatoms. The molecule has 0 spiro atoms. The van der Waals surface area contributed by atoms with Gasteiger partial charge < -0.3 is 5.32 Å². The molecular weight excluding hydrogens is 394 g/mol. The first kappa shape index (κ1) is 16.4. The van der Waals surface area contributed by atoms with Crippen molar-refractivity contribution >= 4 is 27.5 Å². The van der Waals surface area contributed by atoms with Crippen molar-refractivity contribution in [2.24, 2.45) is 0 Å². The molecule has 0 aliphatic carbocycles. The van der Waals surface area contributed by atoms with Gasteiger partial charge in [-0.15, -0.1) is 10.2 Å². The molecule has 1 amide bonds. The average molecular weight is 408 g/mol. The third-order valence-corrected chi connectivity index (χ3v) is 4.43. The first-order chi connectivity index (χ1) is 12.7. The van der Waals surface area contributed by atoms with Crippen molar-refractivity contribution in [2.45, 2.75) is 6.54 Å². The highest BCUT2D eigenvalue weighted by Gasteiger charge is 2.16. The van der Waals surface area contributed by atoms with Gasteiger partial charge in [0.15, 0.2) is 5.65 Å². The molecule has 26 heavy (non-hydrogen) atoms. The lowest BCUT2D eigenvalue weighted by molar-refractivity contribution is 0.0938. The van der Waals surface area contributed by atoms with Crippen molar-refractivity contribution < 1.29 is 4.79 Å². The van der Waals surface area contributed by atoms with Crippen LogP contribution < -0.4 is 5.32 Å². The van der Waals surface area contributed by atoms with Gasteiger partial charge in [-0.25, -0.2) is 0 Å². The second-order valence-corrected chi connectivity index (χ2v) is 6.60. The minimum atomic E-state index is -0.321. The smallest absolute Gasteiger partial charge is 0.291 e. The second-order valence-electron chi connectivity index (χ2n) is 5.69. The van der Waals surface area contributed by atoms with Crippen molar-refractivity contribution in [3.8, 4) is 11.3 Å². The van der Waals surface area contributed by atoms with Crippen LogP contribution >= 0.6 is 15.9 Å². The van der Waals surface area contributed by atoms with Crippen LogP contribution in [0, 0.1) is 0 Å². The van der Waals surface area contributed by atoms with Crippen LogP contribution in [0.25, 0.3) is 16.9 Å². The highest BCUT2D eigenvalue weighted by atomic mass is 79.9. The molecule has 128 valence electrons. The van der Waals surface area contributed by atoms with E-state index in [1.807, 2.05) is 60.7 Å². The van der Waals surface area contributed by atoms with Gasteiger partial charge in [0.1, 0.15) is 0 Å². The van der Waals surface area contributed by atoms with Crippen molar-refractivity contribution in [1.82, 2.24) is 25.1 Å². The van der Waals surface area contributed by atoms with Crippen molar-refractivity contribution in [2.75, 3.05) is 0 Å². The summed E-state index contributed by atoms with van der Waals surface area (Å²) in [7, 11) is 0. The molecule has 0 unspecified atom stereocenters. The third kappa shape index (κ3) is 3.34. The summed E-state index contributed by atoms with van der Waals surface area (Å²) in [4.78, 5) is 12.5. The first-order valence-corrected chi connectivity index (χ1v) is 8.80. The monoisotopic (exact) mass is 407 g/mol. The number of halogens is 1. The van der Waals surface area contributed by atoms with E-state index in [0.717, 1.165) is 21.3 Å². The number of aromatic nitrogens is 4. The lowest BCUT2D eigenvalue weighted by Gasteiger charge is -2.05. The van der Waals surface area contributed by atoms with E-state index in [1.165, 1.54) is 4.52 Å². The molecule has 6 nitrogen and oxygen atoms in total. The highest BCUT2D eigenvalue weighted by molar-refractivity contribution is 9.10. The maximum absolute atomic E-state index is 12.5. The summed E-state index contributed by atoms with van der Waals surface area (Å²) >= 11 is 3.39. The number of amides is 1. The second kappa shape index (κ2) is 7.05. The minimum Gasteiger partial charge on any atom is -0.345 e. The van der Waals surface area contributed by atoms with E-state index in [-0.39, 0.29) is 11.7 Å². The number of benzene rings is 2. The molecule has 0 bridgehead atoms. The summed E-state index contributed by atoms with van der Waals surface area (Å²) in [5.41, 5.74) is 3.23. The lowest BCUT2D eigenvalue weighted by atomic mass is 10.1. The minimum absolute atomic E-state index is 0.162. The zero-order chi connectivity index (χ0) is 17.9. The van der Waals surface area contributed by atoms with Gasteiger partial charge in [0.2, 0.25) is 5.82 Å². The van der Waals surface area contributed by atoms with Gasteiger partial charge in [0.05, 0.1) is 5.69 Å². The number of carbonyl (C=O) groups is 1. The van der Waals surface area contributed by atoms with Gasteiger partial charge in [-0.1, -0.05) is 58.4 Å². The van der Waals surface area contributed by atoms with Crippen molar-refractivity contribution in [3.63, 3.8) is 0 Å². The highest BCUT2D eigenvalue weighted by Crippen LogP contribution is 2.17. The Bertz CT molecular complexity index is 1060. The van der Waals surface area contributed by atoms with E-state index < -0.39 is 0 Å². The predicted molar refractivity (Wildman–Crippen MR) is 102 cm³/mol. The number of nitrogens with zero attached hydrogens (tertiary/aromatic N) is 4. The predicted octanol–water partition coefficient (Wildman–Crippen LogP) is 3.48. The van der Waals surface area contributed by atoms with E-state index >= 15 is 0 Å². The Morgan fingerprint density at radius 2 is 1.73 bits per heavy atom. The van der Waals surface area contributed by atoms with Crippen LogP contribution in [0.2, 0.25) is 0 Å². The summed E-state index contributed by atoms with van der Waals surface area (Å²) in [5.74, 6) is -0.159. The largest absolute Gasteiger partial charge is 0.345 e. The van der Waals surface area contributed by atoms with Gasteiger partial charge in [0.25, 0.3) is 5.91 Å². The van der Waals surface area contributed by atoms with Crippen LogP contribution in [0.5, 0.6) is 0 Å². The fraction of sp³-hybridized carbons (Fsp3) is 0.0526. The van der Waals surface area contributed by atoms with E-state index in [0.29, 0.717) is 12.2 Å². The van der Waals surface area contributed by atoms with Crippen LogP contribution in [0.3, 0.4) is 0 Å². The number of carbonyl (C=O) groups excluding carboxylic acids is 1. The van der Waals surface area contributed by atoms with Crippen LogP contribution in [-0.4, -0.2) is 25.7 Å². The molecule has 0 atom stereocenters. The topological polar surface area (TPSA) is 72.2 Å². The summed E-state index contributed by atoms with van der Waals surface area (Å²) < 4.78 is 2.47. The molecule has 0 saturated heterocycles. The Morgan fingerprint density at radius 1 is 0.962 bits per heavy atom. The molecule has 0 saturated carbocycles. The molecular formula is C19H14BrN5O. The van der Waals surface area contributed by atoms with Crippen LogP contribution in [0.4, 0.5) is 0 Å². The Kier molecular flexibility index (Phi) is 4.45. The molecule has 0 aliphatic rings. The Balaban J connectivity index is 1.59. The summed E-state index contributed by atoms with van der Waals surface area (Å²) in [6.07, 6.45) is 0. The molecule has 0 aliphatic heterocycles. The van der Waals surface area contributed by atoms with Gasteiger partial charge in [-0.3, -0.25) is 4.79 Å². The zero-order valence-corrected chi connectivity index (χ0v) is 15.2. The maximum Gasteiger partial charge on any atom is 0.291 e. The number of hydrogen-bond acceptors (Lipinski definition) is 4. The molecule has 4 aromatic rings. The quantitative estimate of drug-likeness (QED) is 0.561. The molecule has 0 radical (unpaired) electrons. The van der Waals surface area contributed by atoms with E-state index in [4.69, 9.17) is 0 Å². The molecule has 0 fully saturated rings. The molecule has 2 heterocycles. The summed E-state index contributed by atoms with van der Waals surface area (Å²) in [6, 6.07) is 21.2. The van der Waals surface area contributed by atoms with Crippen molar-refractivity contribution in [1.29, 1.82) is 0 Å². The first-order valence-electron chi connectivity index (χ1n) is 8.01. The number of nitrogens with one attached hydrogen (secondary N) is 1.